The minimum absolute atomic E-state index is 0.311. The summed E-state index contributed by atoms with van der Waals surface area (Å²) in [5.74, 6) is -0.0101. The van der Waals surface area contributed by atoms with Gasteiger partial charge in [0.05, 0.1) is 11.7 Å². The number of carbonyl (C=O) groups excluding carboxylic acids is 1. The van der Waals surface area contributed by atoms with E-state index in [1.54, 1.807) is 18.8 Å². The van der Waals surface area contributed by atoms with E-state index in [0.717, 1.165) is 10.9 Å². The third-order valence-electron chi connectivity index (χ3n) is 3.26. The Labute approximate surface area is 120 Å². The van der Waals surface area contributed by atoms with Gasteiger partial charge in [-0.2, -0.15) is 15.5 Å². The highest BCUT2D eigenvalue weighted by Gasteiger charge is 2.18. The van der Waals surface area contributed by atoms with Gasteiger partial charge in [-0.1, -0.05) is 18.2 Å². The molecular weight excluding hydrogens is 268 g/mol. The number of para-hydroxylation sites is 1. The Balaban J connectivity index is 2.02. The van der Waals surface area contributed by atoms with Crippen LogP contribution in [-0.2, 0) is 14.1 Å². The lowest BCUT2D eigenvalue weighted by Crippen LogP contribution is -2.16. The maximum Gasteiger partial charge on any atom is 0.277 e. The van der Waals surface area contributed by atoms with Crippen molar-refractivity contribution >= 4 is 22.6 Å². The molecule has 7 nitrogen and oxygen atoms in total. The Kier molecular flexibility index (Phi) is 2.92. The average Bonchev–Trinajstić information content (AvgIpc) is 3.01. The van der Waals surface area contributed by atoms with Crippen LogP contribution in [0.3, 0.4) is 0 Å². The van der Waals surface area contributed by atoms with Crippen LogP contribution in [0.5, 0.6) is 0 Å². The first kappa shape index (κ1) is 12.9. The summed E-state index contributed by atoms with van der Waals surface area (Å²) in [4.78, 5) is 12.4. The van der Waals surface area contributed by atoms with E-state index in [-0.39, 0.29) is 5.91 Å². The molecule has 0 bridgehead atoms. The maximum atomic E-state index is 12.4. The smallest absolute Gasteiger partial charge is 0.277 e. The SMILES string of the molecule is Cn1ncc(C#N)c1NC(=O)c1nn(C)c2ccccc12. The van der Waals surface area contributed by atoms with Crippen molar-refractivity contribution in [1.82, 2.24) is 19.6 Å². The summed E-state index contributed by atoms with van der Waals surface area (Å²) in [5, 5.41) is 20.7. The largest absolute Gasteiger partial charge is 0.304 e. The Hall–Kier alpha value is -3.14. The number of amides is 1. The summed E-state index contributed by atoms with van der Waals surface area (Å²) in [5.41, 5.74) is 1.50. The number of aryl methyl sites for hydroxylation is 2. The van der Waals surface area contributed by atoms with Gasteiger partial charge in [0, 0.05) is 19.5 Å². The summed E-state index contributed by atoms with van der Waals surface area (Å²) in [6.45, 7) is 0. The lowest BCUT2D eigenvalue weighted by molar-refractivity contribution is 0.102. The van der Waals surface area contributed by atoms with Crippen LogP contribution in [-0.4, -0.2) is 25.5 Å². The number of rotatable bonds is 2. The van der Waals surface area contributed by atoms with Gasteiger partial charge in [-0.3, -0.25) is 14.2 Å². The molecule has 21 heavy (non-hydrogen) atoms. The highest BCUT2D eigenvalue weighted by molar-refractivity contribution is 6.11. The van der Waals surface area contributed by atoms with Gasteiger partial charge < -0.3 is 5.32 Å². The van der Waals surface area contributed by atoms with E-state index in [2.05, 4.69) is 15.5 Å². The van der Waals surface area contributed by atoms with E-state index in [4.69, 9.17) is 5.26 Å². The molecule has 3 rings (SSSR count). The van der Waals surface area contributed by atoms with Crippen molar-refractivity contribution in [3.8, 4) is 6.07 Å². The Morgan fingerprint density at radius 1 is 1.29 bits per heavy atom. The van der Waals surface area contributed by atoms with E-state index in [9.17, 15) is 4.79 Å². The third-order valence-corrected chi connectivity index (χ3v) is 3.26. The minimum atomic E-state index is -0.369. The molecule has 2 heterocycles. The number of hydrogen-bond donors (Lipinski definition) is 1. The molecule has 0 aliphatic rings. The molecular formula is C14H12N6O. The van der Waals surface area contributed by atoms with Gasteiger partial charge in [-0.25, -0.2) is 0 Å². The highest BCUT2D eigenvalue weighted by atomic mass is 16.2. The van der Waals surface area contributed by atoms with Crippen LogP contribution in [0.2, 0.25) is 0 Å². The number of benzene rings is 1. The summed E-state index contributed by atoms with van der Waals surface area (Å²) in [7, 11) is 3.44. The van der Waals surface area contributed by atoms with Gasteiger partial charge in [0.1, 0.15) is 17.5 Å². The monoisotopic (exact) mass is 280 g/mol. The van der Waals surface area contributed by atoms with Gasteiger partial charge in [-0.15, -0.1) is 0 Å². The number of aromatic nitrogens is 4. The fourth-order valence-electron chi connectivity index (χ4n) is 2.22. The summed E-state index contributed by atoms with van der Waals surface area (Å²) in [6, 6.07) is 9.47. The number of carbonyl (C=O) groups is 1. The van der Waals surface area contributed by atoms with Crippen LogP contribution in [0.1, 0.15) is 16.1 Å². The van der Waals surface area contributed by atoms with Crippen molar-refractivity contribution in [3.05, 3.63) is 41.7 Å². The lowest BCUT2D eigenvalue weighted by Gasteiger charge is -2.04. The summed E-state index contributed by atoms with van der Waals surface area (Å²) < 4.78 is 3.10. The zero-order chi connectivity index (χ0) is 15.0. The molecule has 0 unspecified atom stereocenters. The van der Waals surface area contributed by atoms with Crippen molar-refractivity contribution in [3.63, 3.8) is 0 Å². The first-order chi connectivity index (χ1) is 10.1. The third kappa shape index (κ3) is 2.03. The first-order valence-electron chi connectivity index (χ1n) is 6.27. The van der Waals surface area contributed by atoms with Crippen LogP contribution in [0.15, 0.2) is 30.5 Å². The van der Waals surface area contributed by atoms with E-state index < -0.39 is 0 Å². The molecule has 0 aliphatic heterocycles. The summed E-state index contributed by atoms with van der Waals surface area (Å²) >= 11 is 0. The van der Waals surface area contributed by atoms with Gasteiger partial charge in [-0.05, 0) is 6.07 Å². The van der Waals surface area contributed by atoms with Crippen molar-refractivity contribution in [1.29, 1.82) is 5.26 Å². The molecule has 1 N–H and O–H groups in total. The van der Waals surface area contributed by atoms with Gasteiger partial charge in [0.2, 0.25) is 0 Å². The van der Waals surface area contributed by atoms with Gasteiger partial charge in [0.25, 0.3) is 5.91 Å². The number of nitriles is 1. The van der Waals surface area contributed by atoms with Crippen LogP contribution < -0.4 is 5.32 Å². The average molecular weight is 280 g/mol. The quantitative estimate of drug-likeness (QED) is 0.769. The second-order valence-corrected chi connectivity index (χ2v) is 4.59. The topological polar surface area (TPSA) is 88.5 Å². The second-order valence-electron chi connectivity index (χ2n) is 4.59. The second kappa shape index (κ2) is 4.76. The molecule has 7 heteroatoms. The molecule has 1 aromatic carbocycles. The standard InChI is InChI=1S/C14H12N6O/c1-19-11-6-4-3-5-10(11)12(18-19)14(21)17-13-9(7-15)8-16-20(13)2/h3-6,8H,1-2H3,(H,17,21). The van der Waals surface area contributed by atoms with Crippen LogP contribution >= 0.6 is 0 Å². The minimum Gasteiger partial charge on any atom is -0.304 e. The molecule has 1 amide bonds. The molecule has 0 aliphatic carbocycles. The Morgan fingerprint density at radius 3 is 2.81 bits per heavy atom. The highest BCUT2D eigenvalue weighted by Crippen LogP contribution is 2.19. The van der Waals surface area contributed by atoms with Crippen molar-refractivity contribution in [2.75, 3.05) is 5.32 Å². The van der Waals surface area contributed by atoms with Crippen LogP contribution in [0.4, 0.5) is 5.82 Å². The van der Waals surface area contributed by atoms with Gasteiger partial charge >= 0.3 is 0 Å². The van der Waals surface area contributed by atoms with Crippen molar-refractivity contribution in [2.45, 2.75) is 0 Å². The van der Waals surface area contributed by atoms with Crippen molar-refractivity contribution < 1.29 is 4.79 Å². The summed E-state index contributed by atoms with van der Waals surface area (Å²) in [6.07, 6.45) is 1.41. The molecule has 0 atom stereocenters. The van der Waals surface area contributed by atoms with Crippen LogP contribution in [0.25, 0.3) is 10.9 Å². The maximum absolute atomic E-state index is 12.4. The van der Waals surface area contributed by atoms with Crippen LogP contribution in [0, 0.1) is 11.3 Å². The normalized spacial score (nSPS) is 10.5. The molecule has 0 saturated heterocycles. The Morgan fingerprint density at radius 2 is 2.05 bits per heavy atom. The molecule has 0 spiro atoms. The van der Waals surface area contributed by atoms with Gasteiger partial charge in [0.15, 0.2) is 5.69 Å². The zero-order valence-corrected chi connectivity index (χ0v) is 11.5. The van der Waals surface area contributed by atoms with E-state index in [1.807, 2.05) is 30.3 Å². The Bertz CT molecular complexity index is 883. The number of anilines is 1. The molecule has 104 valence electrons. The lowest BCUT2D eigenvalue weighted by atomic mass is 10.2. The predicted octanol–water partition coefficient (Wildman–Crippen LogP) is 1.43. The molecule has 0 fully saturated rings. The van der Waals surface area contributed by atoms with E-state index in [1.165, 1.54) is 10.9 Å². The number of nitrogens with zero attached hydrogens (tertiary/aromatic N) is 5. The zero-order valence-electron chi connectivity index (χ0n) is 11.5. The molecule has 3 aromatic rings. The molecule has 2 aromatic heterocycles. The van der Waals surface area contributed by atoms with E-state index in [0.29, 0.717) is 17.1 Å². The number of fused-ring (bicyclic) bond motifs is 1. The fourth-order valence-corrected chi connectivity index (χ4v) is 2.22. The molecule has 0 saturated carbocycles. The number of nitrogens with one attached hydrogen (secondary N) is 1. The van der Waals surface area contributed by atoms with Crippen molar-refractivity contribution in [2.24, 2.45) is 14.1 Å². The van der Waals surface area contributed by atoms with E-state index >= 15 is 0 Å². The first-order valence-corrected chi connectivity index (χ1v) is 6.27. The predicted molar refractivity (Wildman–Crippen MR) is 76.6 cm³/mol. The molecule has 0 radical (unpaired) electrons. The fraction of sp³-hybridized carbons (Fsp3) is 0.143. The number of hydrogen-bond acceptors (Lipinski definition) is 4.